The molecule has 0 radical (unpaired) electrons. The molecular formula is C22H15ClF2N2O4. The molecular weight excluding hydrogens is 430 g/mol. The Kier molecular flexibility index (Phi) is 4.37. The molecule has 158 valence electrons. The lowest BCUT2D eigenvalue weighted by Gasteiger charge is -2.15. The minimum absolute atomic E-state index is 0.0537. The van der Waals surface area contributed by atoms with Gasteiger partial charge in [0.05, 0.1) is 16.1 Å². The summed E-state index contributed by atoms with van der Waals surface area (Å²) in [7, 11) is 0. The average Bonchev–Trinajstić information content (AvgIpc) is 3.47. The van der Waals surface area contributed by atoms with Crippen molar-refractivity contribution in [2.45, 2.75) is 31.0 Å². The van der Waals surface area contributed by atoms with Crippen LogP contribution < -0.4 is 15.0 Å². The average molecular weight is 445 g/mol. The zero-order valence-corrected chi connectivity index (χ0v) is 16.7. The number of Topliss-reactive ketones (excluding diaryl/α,β-unsaturated/α-hetero) is 1. The fourth-order valence-corrected chi connectivity index (χ4v) is 3.99. The van der Waals surface area contributed by atoms with E-state index in [1.807, 2.05) is 0 Å². The van der Waals surface area contributed by atoms with Gasteiger partial charge in [0.1, 0.15) is 5.78 Å². The third-order valence-electron chi connectivity index (χ3n) is 5.54. The quantitative estimate of drug-likeness (QED) is 0.636. The van der Waals surface area contributed by atoms with Gasteiger partial charge in [-0.3, -0.25) is 14.6 Å². The summed E-state index contributed by atoms with van der Waals surface area (Å²) in [4.78, 5) is 31.5. The van der Waals surface area contributed by atoms with E-state index in [1.54, 1.807) is 24.3 Å². The second-order valence-corrected chi connectivity index (χ2v) is 7.99. The molecule has 31 heavy (non-hydrogen) atoms. The summed E-state index contributed by atoms with van der Waals surface area (Å²) < 4.78 is 35.6. The zero-order valence-electron chi connectivity index (χ0n) is 16.0. The Bertz CT molecular complexity index is 1250. The van der Waals surface area contributed by atoms with E-state index in [9.17, 15) is 18.4 Å². The van der Waals surface area contributed by atoms with Crippen LogP contribution in [0.25, 0.3) is 11.3 Å². The second-order valence-electron chi connectivity index (χ2n) is 7.59. The highest BCUT2D eigenvalue weighted by atomic mass is 35.5. The highest BCUT2D eigenvalue weighted by Crippen LogP contribution is 2.52. The number of halogens is 3. The lowest BCUT2D eigenvalue weighted by Crippen LogP contribution is -2.26. The van der Waals surface area contributed by atoms with Crippen LogP contribution >= 0.6 is 11.6 Å². The zero-order chi connectivity index (χ0) is 21.8. The molecule has 1 aliphatic heterocycles. The van der Waals surface area contributed by atoms with Crippen LogP contribution in [0.1, 0.15) is 24.1 Å². The molecule has 1 fully saturated rings. The van der Waals surface area contributed by atoms with Gasteiger partial charge in [0.15, 0.2) is 11.5 Å². The number of fused-ring (bicyclic) bond motifs is 1. The number of hydrogen-bond donors (Lipinski definition) is 1. The molecule has 3 heterocycles. The number of carbonyl (C=O) groups is 1. The van der Waals surface area contributed by atoms with Crippen molar-refractivity contribution in [3.05, 3.63) is 75.3 Å². The molecule has 0 amide bonds. The van der Waals surface area contributed by atoms with Crippen LogP contribution in [0.3, 0.4) is 0 Å². The van der Waals surface area contributed by atoms with Crippen LogP contribution in [0, 0.1) is 0 Å². The minimum Gasteiger partial charge on any atom is -0.395 e. The van der Waals surface area contributed by atoms with Gasteiger partial charge in [-0.1, -0.05) is 17.7 Å². The highest BCUT2D eigenvalue weighted by molar-refractivity contribution is 6.33. The number of nitrogens with zero attached hydrogens (tertiary/aromatic N) is 1. The summed E-state index contributed by atoms with van der Waals surface area (Å²) in [5, 5.41) is 0.390. The summed E-state index contributed by atoms with van der Waals surface area (Å²) in [5.74, 6) is -0.200. The number of aromatic nitrogens is 2. The van der Waals surface area contributed by atoms with E-state index in [4.69, 9.17) is 11.6 Å². The predicted molar refractivity (Wildman–Crippen MR) is 108 cm³/mol. The Morgan fingerprint density at radius 2 is 1.87 bits per heavy atom. The van der Waals surface area contributed by atoms with Crippen LogP contribution in [-0.2, 0) is 16.6 Å². The van der Waals surface area contributed by atoms with Crippen molar-refractivity contribution in [3.63, 3.8) is 0 Å². The van der Waals surface area contributed by atoms with Gasteiger partial charge in [0.25, 0.3) is 0 Å². The van der Waals surface area contributed by atoms with E-state index in [-0.39, 0.29) is 29.3 Å². The Balaban J connectivity index is 1.40. The minimum atomic E-state index is -3.70. The van der Waals surface area contributed by atoms with Crippen molar-refractivity contribution < 1.29 is 23.0 Å². The lowest BCUT2D eigenvalue weighted by molar-refractivity contribution is -0.286. The number of pyridine rings is 2. The number of carbonyl (C=O) groups excluding carboxylic acids is 1. The fourth-order valence-electron chi connectivity index (χ4n) is 3.78. The molecule has 1 aliphatic carbocycles. The molecule has 2 aliphatic rings. The Morgan fingerprint density at radius 3 is 2.58 bits per heavy atom. The molecule has 5 rings (SSSR count). The van der Waals surface area contributed by atoms with Crippen molar-refractivity contribution in [1.29, 1.82) is 0 Å². The van der Waals surface area contributed by atoms with Gasteiger partial charge in [-0.05, 0) is 48.7 Å². The third-order valence-corrected chi connectivity index (χ3v) is 5.85. The highest BCUT2D eigenvalue weighted by Gasteiger charge is 2.52. The Hall–Kier alpha value is -3.26. The van der Waals surface area contributed by atoms with Crippen LogP contribution in [0.5, 0.6) is 11.5 Å². The monoisotopic (exact) mass is 444 g/mol. The summed E-state index contributed by atoms with van der Waals surface area (Å²) >= 11 is 6.26. The SMILES string of the molecule is O=C(Cc1ccc(Cl)c(-c2ccc(=O)[nH]c2)n1)C1(c2ccc3c(c2)OC(F)(F)O3)CC1. The van der Waals surface area contributed by atoms with E-state index >= 15 is 0 Å². The maximum atomic E-state index is 13.3. The first-order valence-corrected chi connectivity index (χ1v) is 9.92. The van der Waals surface area contributed by atoms with Gasteiger partial charge in [0, 0.05) is 29.9 Å². The van der Waals surface area contributed by atoms with E-state index in [1.165, 1.54) is 24.4 Å². The maximum Gasteiger partial charge on any atom is 0.586 e. The van der Waals surface area contributed by atoms with Crippen LogP contribution in [-0.4, -0.2) is 22.0 Å². The molecule has 0 atom stereocenters. The molecule has 2 aromatic heterocycles. The van der Waals surface area contributed by atoms with Crippen molar-refractivity contribution in [2.75, 3.05) is 0 Å². The van der Waals surface area contributed by atoms with Crippen LogP contribution in [0.2, 0.25) is 5.02 Å². The number of rotatable bonds is 5. The molecule has 6 nitrogen and oxygen atoms in total. The van der Waals surface area contributed by atoms with E-state index in [0.717, 1.165) is 0 Å². The first-order chi connectivity index (χ1) is 14.8. The summed E-state index contributed by atoms with van der Waals surface area (Å²) in [6, 6.07) is 10.8. The van der Waals surface area contributed by atoms with Crippen molar-refractivity contribution in [2.24, 2.45) is 0 Å². The Morgan fingerprint density at radius 1 is 1.10 bits per heavy atom. The molecule has 0 bridgehead atoms. The molecule has 0 saturated heterocycles. The number of hydrogen-bond acceptors (Lipinski definition) is 5. The molecule has 9 heteroatoms. The summed E-state index contributed by atoms with van der Waals surface area (Å²) in [6.07, 6.45) is -0.914. The van der Waals surface area contributed by atoms with Gasteiger partial charge in [-0.25, -0.2) is 0 Å². The smallest absolute Gasteiger partial charge is 0.395 e. The topological polar surface area (TPSA) is 81.3 Å². The van der Waals surface area contributed by atoms with Crippen LogP contribution in [0.15, 0.2) is 53.5 Å². The van der Waals surface area contributed by atoms with E-state index in [0.29, 0.717) is 40.4 Å². The molecule has 0 spiro atoms. The van der Waals surface area contributed by atoms with E-state index < -0.39 is 11.7 Å². The number of benzene rings is 1. The van der Waals surface area contributed by atoms with Gasteiger partial charge >= 0.3 is 6.29 Å². The number of ketones is 1. The number of H-pyrrole nitrogens is 1. The lowest BCUT2D eigenvalue weighted by atomic mass is 9.88. The van der Waals surface area contributed by atoms with Crippen molar-refractivity contribution in [1.82, 2.24) is 9.97 Å². The summed E-state index contributed by atoms with van der Waals surface area (Å²) in [6.45, 7) is 0. The van der Waals surface area contributed by atoms with Crippen LogP contribution in [0.4, 0.5) is 8.78 Å². The normalized spacial score (nSPS) is 17.4. The maximum absolute atomic E-state index is 13.3. The molecule has 1 saturated carbocycles. The fraction of sp³-hybridized carbons (Fsp3) is 0.227. The van der Waals surface area contributed by atoms with Gasteiger partial charge in [-0.15, -0.1) is 8.78 Å². The predicted octanol–water partition coefficient (Wildman–Crippen LogP) is 4.26. The number of ether oxygens (including phenoxy) is 2. The van der Waals surface area contributed by atoms with Gasteiger partial charge in [0.2, 0.25) is 5.56 Å². The number of aromatic amines is 1. The first kappa shape index (κ1) is 19.7. The third kappa shape index (κ3) is 3.57. The van der Waals surface area contributed by atoms with Crippen molar-refractivity contribution in [3.8, 4) is 22.8 Å². The van der Waals surface area contributed by atoms with E-state index in [2.05, 4.69) is 19.4 Å². The largest absolute Gasteiger partial charge is 0.586 e. The molecule has 0 unspecified atom stereocenters. The standard InChI is InChI=1S/C22H15ClF2N2O4/c23-15-4-3-14(27-20(15)12-1-6-19(29)26-11-12)10-18(28)21(7-8-21)13-2-5-16-17(9-13)31-22(24,25)30-16/h1-6,9,11H,7-8,10H2,(H,26,29). The molecule has 1 N–H and O–H groups in total. The summed E-state index contributed by atoms with van der Waals surface area (Å²) in [5.41, 5.74) is 1.22. The van der Waals surface area contributed by atoms with Gasteiger partial charge < -0.3 is 14.5 Å². The molecule has 3 aromatic rings. The number of alkyl halides is 2. The second kappa shape index (κ2) is 6.88. The Labute approximate surface area is 179 Å². The van der Waals surface area contributed by atoms with Gasteiger partial charge in [-0.2, -0.15) is 0 Å². The first-order valence-electron chi connectivity index (χ1n) is 9.54. The molecule has 1 aromatic carbocycles. The number of nitrogens with one attached hydrogen (secondary N) is 1. The van der Waals surface area contributed by atoms with Crippen molar-refractivity contribution >= 4 is 17.4 Å².